The number of aromatic nitrogens is 1. The van der Waals surface area contributed by atoms with Crippen LogP contribution in [-0.4, -0.2) is 28.1 Å². The summed E-state index contributed by atoms with van der Waals surface area (Å²) >= 11 is 1.95. The van der Waals surface area contributed by atoms with Gasteiger partial charge >= 0.3 is 0 Å². The third kappa shape index (κ3) is 4.53. The first-order valence-electron chi connectivity index (χ1n) is 5.23. The molecule has 0 amide bonds. The van der Waals surface area contributed by atoms with Gasteiger partial charge in [0.2, 0.25) is 0 Å². The Kier molecular flexibility index (Phi) is 6.20. The highest BCUT2D eigenvalue weighted by atomic mass is 32.2. The Morgan fingerprint density at radius 3 is 3.13 bits per heavy atom. The average Bonchev–Trinajstić information content (AvgIpc) is 2.29. The van der Waals surface area contributed by atoms with Crippen molar-refractivity contribution in [2.45, 2.75) is 20.0 Å². The van der Waals surface area contributed by atoms with E-state index in [0.29, 0.717) is 0 Å². The highest BCUT2D eigenvalue weighted by molar-refractivity contribution is 7.99. The Hall–Kier alpha value is -0.740. The highest BCUT2D eigenvalue weighted by Crippen LogP contribution is 2.13. The molecule has 1 aromatic rings. The molecule has 0 aliphatic rings. The van der Waals surface area contributed by atoms with Crippen molar-refractivity contribution in [2.24, 2.45) is 0 Å². The van der Waals surface area contributed by atoms with Crippen LogP contribution in [0.5, 0.6) is 0 Å². The van der Waals surface area contributed by atoms with Gasteiger partial charge in [0.15, 0.2) is 0 Å². The molecule has 0 aliphatic carbocycles. The van der Waals surface area contributed by atoms with Gasteiger partial charge in [-0.1, -0.05) is 6.92 Å². The molecular formula is C11H18N2OS. The van der Waals surface area contributed by atoms with Gasteiger partial charge in [-0.2, -0.15) is 11.8 Å². The first-order chi connectivity index (χ1) is 7.38. The van der Waals surface area contributed by atoms with Gasteiger partial charge in [0.1, 0.15) is 0 Å². The van der Waals surface area contributed by atoms with E-state index < -0.39 is 0 Å². The second-order valence-electron chi connectivity index (χ2n) is 3.17. The number of hydrogen-bond acceptors (Lipinski definition) is 4. The van der Waals surface area contributed by atoms with Crippen LogP contribution in [0, 0.1) is 0 Å². The standard InChI is InChI=1S/C11H18N2OS/c1-2-15-7-3-5-13-11-8-12-6-4-10(11)9-14/h4,6,8,13-14H,2-3,5,7,9H2,1H3. The van der Waals surface area contributed by atoms with Gasteiger partial charge in [-0.15, -0.1) is 0 Å². The Morgan fingerprint density at radius 2 is 2.40 bits per heavy atom. The molecule has 0 aliphatic heterocycles. The van der Waals surface area contributed by atoms with Gasteiger partial charge in [0.05, 0.1) is 18.5 Å². The number of pyridine rings is 1. The average molecular weight is 226 g/mol. The minimum atomic E-state index is 0.0641. The van der Waals surface area contributed by atoms with Gasteiger partial charge in [0.25, 0.3) is 0 Å². The Bertz CT molecular complexity index is 281. The number of nitrogens with zero attached hydrogens (tertiary/aromatic N) is 1. The maximum absolute atomic E-state index is 9.09. The highest BCUT2D eigenvalue weighted by Gasteiger charge is 1.99. The quantitative estimate of drug-likeness (QED) is 0.699. The number of rotatable bonds is 7. The van der Waals surface area contributed by atoms with Crippen molar-refractivity contribution in [2.75, 3.05) is 23.4 Å². The van der Waals surface area contributed by atoms with Gasteiger partial charge in [-0.05, 0) is 24.0 Å². The zero-order chi connectivity index (χ0) is 10.9. The Morgan fingerprint density at radius 1 is 1.53 bits per heavy atom. The summed E-state index contributed by atoms with van der Waals surface area (Å²) in [5.41, 5.74) is 1.86. The van der Waals surface area contributed by atoms with Crippen molar-refractivity contribution in [1.29, 1.82) is 0 Å². The molecule has 2 N–H and O–H groups in total. The molecule has 84 valence electrons. The first-order valence-corrected chi connectivity index (χ1v) is 6.39. The zero-order valence-corrected chi connectivity index (χ0v) is 9.89. The molecule has 3 nitrogen and oxygen atoms in total. The lowest BCUT2D eigenvalue weighted by Gasteiger charge is -2.09. The molecule has 0 bridgehead atoms. The molecule has 4 heteroatoms. The summed E-state index contributed by atoms with van der Waals surface area (Å²) in [5.74, 6) is 2.35. The normalized spacial score (nSPS) is 10.3. The molecule has 0 spiro atoms. The summed E-state index contributed by atoms with van der Waals surface area (Å²) in [5, 5.41) is 12.4. The van der Waals surface area contributed by atoms with E-state index in [-0.39, 0.29) is 6.61 Å². The van der Waals surface area contributed by atoms with Crippen molar-refractivity contribution >= 4 is 17.4 Å². The third-order valence-corrected chi connectivity index (χ3v) is 3.05. The van der Waals surface area contributed by atoms with Gasteiger partial charge in [-0.3, -0.25) is 4.98 Å². The minimum Gasteiger partial charge on any atom is -0.392 e. The molecule has 1 aromatic heterocycles. The van der Waals surface area contributed by atoms with Gasteiger partial charge in [0, 0.05) is 18.3 Å². The SMILES string of the molecule is CCSCCCNc1cnccc1CO. The predicted molar refractivity (Wildman–Crippen MR) is 66.3 cm³/mol. The van der Waals surface area contributed by atoms with Gasteiger partial charge < -0.3 is 10.4 Å². The smallest absolute Gasteiger partial charge is 0.0703 e. The molecule has 0 saturated carbocycles. The van der Waals surface area contributed by atoms with E-state index in [4.69, 9.17) is 5.11 Å². The van der Waals surface area contributed by atoms with Crippen LogP contribution in [0.15, 0.2) is 18.5 Å². The minimum absolute atomic E-state index is 0.0641. The third-order valence-electron chi connectivity index (χ3n) is 2.07. The fourth-order valence-electron chi connectivity index (χ4n) is 1.26. The second kappa shape index (κ2) is 7.54. The van der Waals surface area contributed by atoms with E-state index >= 15 is 0 Å². The summed E-state index contributed by atoms with van der Waals surface area (Å²) in [4.78, 5) is 4.03. The fourth-order valence-corrected chi connectivity index (χ4v) is 1.90. The largest absolute Gasteiger partial charge is 0.392 e. The van der Waals surface area contributed by atoms with Crippen LogP contribution in [0.3, 0.4) is 0 Å². The van der Waals surface area contributed by atoms with Crippen LogP contribution < -0.4 is 5.32 Å². The van der Waals surface area contributed by atoms with Crippen LogP contribution in [-0.2, 0) is 6.61 Å². The topological polar surface area (TPSA) is 45.2 Å². The number of hydrogen-bond donors (Lipinski definition) is 2. The zero-order valence-electron chi connectivity index (χ0n) is 9.07. The van der Waals surface area contributed by atoms with Crippen molar-refractivity contribution in [3.8, 4) is 0 Å². The van der Waals surface area contributed by atoms with Crippen molar-refractivity contribution in [1.82, 2.24) is 4.98 Å². The fraction of sp³-hybridized carbons (Fsp3) is 0.545. The summed E-state index contributed by atoms with van der Waals surface area (Å²) in [7, 11) is 0. The van der Waals surface area contributed by atoms with Crippen LogP contribution in [0.2, 0.25) is 0 Å². The number of nitrogens with one attached hydrogen (secondary N) is 1. The van der Waals surface area contributed by atoms with Gasteiger partial charge in [-0.25, -0.2) is 0 Å². The molecule has 0 unspecified atom stereocenters. The van der Waals surface area contributed by atoms with Crippen LogP contribution in [0.1, 0.15) is 18.9 Å². The molecule has 1 rings (SSSR count). The number of aliphatic hydroxyl groups excluding tert-OH is 1. The monoisotopic (exact) mass is 226 g/mol. The maximum Gasteiger partial charge on any atom is 0.0703 e. The second-order valence-corrected chi connectivity index (χ2v) is 4.56. The van der Waals surface area contributed by atoms with Crippen molar-refractivity contribution < 1.29 is 5.11 Å². The van der Waals surface area contributed by atoms with E-state index in [2.05, 4.69) is 17.2 Å². The molecule has 0 aromatic carbocycles. The molecule has 1 heterocycles. The number of aliphatic hydroxyl groups is 1. The van der Waals surface area contributed by atoms with E-state index in [9.17, 15) is 0 Å². The lowest BCUT2D eigenvalue weighted by atomic mass is 10.2. The number of anilines is 1. The molecule has 0 saturated heterocycles. The van der Waals surface area contributed by atoms with Crippen LogP contribution >= 0.6 is 11.8 Å². The van der Waals surface area contributed by atoms with Crippen LogP contribution in [0.4, 0.5) is 5.69 Å². The van der Waals surface area contributed by atoms with Crippen LogP contribution in [0.25, 0.3) is 0 Å². The lowest BCUT2D eigenvalue weighted by molar-refractivity contribution is 0.282. The van der Waals surface area contributed by atoms with Crippen molar-refractivity contribution in [3.63, 3.8) is 0 Å². The molecule has 0 fully saturated rings. The maximum atomic E-state index is 9.09. The van der Waals surface area contributed by atoms with Crippen molar-refractivity contribution in [3.05, 3.63) is 24.0 Å². The lowest BCUT2D eigenvalue weighted by Crippen LogP contribution is -2.05. The molecule has 0 radical (unpaired) electrons. The van der Waals surface area contributed by atoms with E-state index in [0.717, 1.165) is 24.2 Å². The summed E-state index contributed by atoms with van der Waals surface area (Å²) in [6.45, 7) is 3.17. The molecule has 0 atom stereocenters. The van der Waals surface area contributed by atoms with E-state index in [1.807, 2.05) is 17.8 Å². The summed E-state index contributed by atoms with van der Waals surface area (Å²) < 4.78 is 0. The predicted octanol–water partition coefficient (Wildman–Crippen LogP) is 2.13. The molecule has 15 heavy (non-hydrogen) atoms. The Balaban J connectivity index is 2.30. The summed E-state index contributed by atoms with van der Waals surface area (Å²) in [6, 6.07) is 1.84. The van der Waals surface area contributed by atoms with E-state index in [1.54, 1.807) is 12.4 Å². The number of thioether (sulfide) groups is 1. The first kappa shape index (κ1) is 12.3. The van der Waals surface area contributed by atoms with E-state index in [1.165, 1.54) is 11.5 Å². The Labute approximate surface area is 95.3 Å². The summed E-state index contributed by atoms with van der Waals surface area (Å²) in [6.07, 6.45) is 4.60. The molecular weight excluding hydrogens is 208 g/mol.